The quantitative estimate of drug-likeness (QED) is 0.806. The third-order valence-electron chi connectivity index (χ3n) is 3.81. The molecule has 0 bridgehead atoms. The van der Waals surface area contributed by atoms with E-state index in [2.05, 4.69) is 50.2 Å². The van der Waals surface area contributed by atoms with Gasteiger partial charge in [-0.3, -0.25) is 4.90 Å². The van der Waals surface area contributed by atoms with Crippen LogP contribution in [0, 0.1) is 5.92 Å². The fraction of sp³-hybridized carbons (Fsp3) is 0.733. The van der Waals surface area contributed by atoms with Crippen LogP contribution in [0.25, 0.3) is 0 Å². The predicted octanol–water partition coefficient (Wildman–Crippen LogP) is 3.01. The summed E-state index contributed by atoms with van der Waals surface area (Å²) in [5, 5.41) is 3.37. The van der Waals surface area contributed by atoms with Crippen LogP contribution in [0.4, 0.5) is 0 Å². The summed E-state index contributed by atoms with van der Waals surface area (Å²) in [5.41, 5.74) is 0. The van der Waals surface area contributed by atoms with Crippen molar-refractivity contribution in [3.8, 4) is 0 Å². The monoisotopic (exact) mass is 250 g/mol. The highest BCUT2D eigenvalue weighted by Gasteiger charge is 2.30. The molecule has 1 saturated carbocycles. The molecule has 1 aromatic rings. The average Bonchev–Trinajstić information content (AvgIpc) is 3.07. The van der Waals surface area contributed by atoms with Gasteiger partial charge in [0.15, 0.2) is 0 Å². The second-order valence-corrected chi connectivity index (χ2v) is 5.90. The molecule has 3 nitrogen and oxygen atoms in total. The molecule has 0 aliphatic heterocycles. The molecule has 0 spiro atoms. The van der Waals surface area contributed by atoms with Crippen molar-refractivity contribution in [2.24, 2.45) is 5.92 Å². The molecule has 1 heterocycles. The van der Waals surface area contributed by atoms with Gasteiger partial charge in [0.25, 0.3) is 0 Å². The maximum atomic E-state index is 5.85. The zero-order chi connectivity index (χ0) is 13.1. The standard InChI is InChI=1S/C15H26N2O/c1-11(2)16-9-14-7-8-15(18-14)10-17(4)12(3)13-5-6-13/h7-8,11-13,16H,5-6,9-10H2,1-4H3. The Balaban J connectivity index is 1.81. The molecule has 0 radical (unpaired) electrons. The highest BCUT2D eigenvalue weighted by molar-refractivity contribution is 5.07. The van der Waals surface area contributed by atoms with Crippen LogP contribution in [0.3, 0.4) is 0 Å². The first-order chi connectivity index (χ1) is 8.56. The zero-order valence-corrected chi connectivity index (χ0v) is 12.1. The van der Waals surface area contributed by atoms with E-state index >= 15 is 0 Å². The van der Waals surface area contributed by atoms with Crippen LogP contribution < -0.4 is 5.32 Å². The second-order valence-electron chi connectivity index (χ2n) is 5.90. The van der Waals surface area contributed by atoms with Crippen LogP contribution in [0.2, 0.25) is 0 Å². The number of nitrogens with one attached hydrogen (secondary N) is 1. The van der Waals surface area contributed by atoms with E-state index in [-0.39, 0.29) is 0 Å². The molecule has 1 unspecified atom stereocenters. The first-order valence-electron chi connectivity index (χ1n) is 7.07. The van der Waals surface area contributed by atoms with Gasteiger partial charge in [-0.15, -0.1) is 0 Å². The van der Waals surface area contributed by atoms with E-state index in [1.165, 1.54) is 12.8 Å². The van der Waals surface area contributed by atoms with Gasteiger partial charge < -0.3 is 9.73 Å². The molecule has 0 aromatic carbocycles. The molecule has 1 fully saturated rings. The number of nitrogens with zero attached hydrogens (tertiary/aromatic N) is 1. The fourth-order valence-electron chi connectivity index (χ4n) is 2.24. The lowest BCUT2D eigenvalue weighted by Crippen LogP contribution is -2.30. The Labute approximate surface area is 111 Å². The largest absolute Gasteiger partial charge is 0.463 e. The van der Waals surface area contributed by atoms with E-state index < -0.39 is 0 Å². The topological polar surface area (TPSA) is 28.4 Å². The summed E-state index contributed by atoms with van der Waals surface area (Å²) in [7, 11) is 2.19. The lowest BCUT2D eigenvalue weighted by atomic mass is 10.2. The summed E-state index contributed by atoms with van der Waals surface area (Å²) in [6.07, 6.45) is 2.79. The number of furan rings is 1. The van der Waals surface area contributed by atoms with Crippen molar-refractivity contribution in [3.05, 3.63) is 23.7 Å². The molecule has 0 saturated heterocycles. The van der Waals surface area contributed by atoms with Crippen LogP contribution in [0.1, 0.15) is 45.1 Å². The van der Waals surface area contributed by atoms with Crippen LogP contribution in [-0.2, 0) is 13.1 Å². The predicted molar refractivity (Wildman–Crippen MR) is 74.3 cm³/mol. The van der Waals surface area contributed by atoms with E-state index in [0.29, 0.717) is 12.1 Å². The molecule has 18 heavy (non-hydrogen) atoms. The molecule has 0 amide bonds. The van der Waals surface area contributed by atoms with E-state index in [0.717, 1.165) is 30.5 Å². The maximum Gasteiger partial charge on any atom is 0.118 e. The van der Waals surface area contributed by atoms with Crippen molar-refractivity contribution in [1.82, 2.24) is 10.2 Å². The van der Waals surface area contributed by atoms with Crippen LogP contribution >= 0.6 is 0 Å². The summed E-state index contributed by atoms with van der Waals surface area (Å²) < 4.78 is 5.85. The Kier molecular flexibility index (Phi) is 4.46. The number of hydrogen-bond acceptors (Lipinski definition) is 3. The molecular formula is C15H26N2O. The Morgan fingerprint density at radius 2 is 1.94 bits per heavy atom. The number of hydrogen-bond donors (Lipinski definition) is 1. The van der Waals surface area contributed by atoms with Crippen LogP contribution in [0.5, 0.6) is 0 Å². The van der Waals surface area contributed by atoms with Gasteiger partial charge in [-0.2, -0.15) is 0 Å². The van der Waals surface area contributed by atoms with Gasteiger partial charge >= 0.3 is 0 Å². The van der Waals surface area contributed by atoms with Gasteiger partial charge in [0.1, 0.15) is 11.5 Å². The van der Waals surface area contributed by atoms with Gasteiger partial charge in [-0.25, -0.2) is 0 Å². The first-order valence-corrected chi connectivity index (χ1v) is 7.07. The van der Waals surface area contributed by atoms with Crippen molar-refractivity contribution >= 4 is 0 Å². The fourth-order valence-corrected chi connectivity index (χ4v) is 2.24. The highest BCUT2D eigenvalue weighted by atomic mass is 16.3. The van der Waals surface area contributed by atoms with Gasteiger partial charge in [0.05, 0.1) is 13.1 Å². The molecule has 1 atom stereocenters. The van der Waals surface area contributed by atoms with Crippen molar-refractivity contribution in [3.63, 3.8) is 0 Å². The molecule has 102 valence electrons. The lowest BCUT2D eigenvalue weighted by molar-refractivity contribution is 0.208. The van der Waals surface area contributed by atoms with E-state index in [1.54, 1.807) is 0 Å². The smallest absolute Gasteiger partial charge is 0.118 e. The minimum absolute atomic E-state index is 0.496. The van der Waals surface area contributed by atoms with E-state index in [4.69, 9.17) is 4.42 Å². The van der Waals surface area contributed by atoms with E-state index in [1.807, 2.05) is 0 Å². The molecule has 2 rings (SSSR count). The van der Waals surface area contributed by atoms with Gasteiger partial charge in [-0.1, -0.05) is 13.8 Å². The van der Waals surface area contributed by atoms with Crippen molar-refractivity contribution in [2.45, 2.75) is 58.8 Å². The van der Waals surface area contributed by atoms with Crippen molar-refractivity contribution in [1.29, 1.82) is 0 Å². The summed E-state index contributed by atoms with van der Waals surface area (Å²) in [6.45, 7) is 8.35. The summed E-state index contributed by atoms with van der Waals surface area (Å²) in [6, 6.07) is 5.36. The van der Waals surface area contributed by atoms with Crippen molar-refractivity contribution in [2.75, 3.05) is 7.05 Å². The summed E-state index contributed by atoms with van der Waals surface area (Å²) in [4.78, 5) is 2.40. The molecule has 1 aliphatic carbocycles. The molecule has 1 aliphatic rings. The minimum atomic E-state index is 0.496. The average molecular weight is 250 g/mol. The van der Waals surface area contributed by atoms with Gasteiger partial charge in [0.2, 0.25) is 0 Å². The summed E-state index contributed by atoms with van der Waals surface area (Å²) in [5.74, 6) is 3.02. The zero-order valence-electron chi connectivity index (χ0n) is 12.1. The van der Waals surface area contributed by atoms with Crippen molar-refractivity contribution < 1.29 is 4.42 Å². The second kappa shape index (κ2) is 5.89. The Morgan fingerprint density at radius 1 is 1.28 bits per heavy atom. The lowest BCUT2D eigenvalue weighted by Gasteiger charge is -2.23. The minimum Gasteiger partial charge on any atom is -0.463 e. The Bertz CT molecular complexity index is 368. The first kappa shape index (κ1) is 13.6. The molecular weight excluding hydrogens is 224 g/mol. The van der Waals surface area contributed by atoms with Crippen LogP contribution in [0.15, 0.2) is 16.5 Å². The van der Waals surface area contributed by atoms with Crippen LogP contribution in [-0.4, -0.2) is 24.0 Å². The SMILES string of the molecule is CC(C)NCc1ccc(CN(C)C(C)C2CC2)o1. The molecule has 3 heteroatoms. The highest BCUT2D eigenvalue weighted by Crippen LogP contribution is 2.35. The van der Waals surface area contributed by atoms with Gasteiger partial charge in [0, 0.05) is 12.1 Å². The third kappa shape index (κ3) is 3.85. The van der Waals surface area contributed by atoms with Gasteiger partial charge in [-0.05, 0) is 44.9 Å². The summed E-state index contributed by atoms with van der Waals surface area (Å²) >= 11 is 0. The third-order valence-corrected chi connectivity index (χ3v) is 3.81. The number of rotatable bonds is 7. The molecule has 1 N–H and O–H groups in total. The Morgan fingerprint density at radius 3 is 2.56 bits per heavy atom. The van der Waals surface area contributed by atoms with E-state index in [9.17, 15) is 0 Å². The maximum absolute atomic E-state index is 5.85. The Hall–Kier alpha value is -0.800. The normalized spacial score (nSPS) is 17.7. The molecule has 1 aromatic heterocycles.